The molecular weight excluding hydrogens is 328 g/mol. The van der Waals surface area contributed by atoms with Crippen molar-refractivity contribution in [3.63, 3.8) is 0 Å². The summed E-state index contributed by atoms with van der Waals surface area (Å²) >= 11 is 0. The summed E-state index contributed by atoms with van der Waals surface area (Å²) in [6, 6.07) is 13.3. The van der Waals surface area contributed by atoms with Crippen molar-refractivity contribution in [3.8, 4) is 5.75 Å². The predicted molar refractivity (Wildman–Crippen MR) is 91.5 cm³/mol. The second-order valence-electron chi connectivity index (χ2n) is 5.31. The van der Waals surface area contributed by atoms with E-state index in [0.29, 0.717) is 5.75 Å². The molecule has 0 aromatic heterocycles. The number of para-hydroxylation sites is 1. The van der Waals surface area contributed by atoms with E-state index >= 15 is 0 Å². The van der Waals surface area contributed by atoms with Gasteiger partial charge in [-0.1, -0.05) is 24.3 Å². The molecule has 0 unspecified atom stereocenters. The van der Waals surface area contributed by atoms with E-state index in [1.54, 1.807) is 19.2 Å². The molecule has 2 aromatic carbocycles. The monoisotopic (exact) mass is 348 g/mol. The molecule has 1 amide bonds. The first kappa shape index (κ1) is 18.0. The van der Waals surface area contributed by atoms with Gasteiger partial charge in [-0.3, -0.25) is 4.79 Å². The molecule has 2 aromatic rings. The summed E-state index contributed by atoms with van der Waals surface area (Å²) in [5.74, 6) is 0.332. The molecule has 0 saturated heterocycles. The predicted octanol–water partition coefficient (Wildman–Crippen LogP) is 1.88. The van der Waals surface area contributed by atoms with Crippen molar-refractivity contribution in [3.05, 3.63) is 59.7 Å². The van der Waals surface area contributed by atoms with Crippen LogP contribution >= 0.6 is 0 Å². The van der Waals surface area contributed by atoms with E-state index in [4.69, 9.17) is 4.74 Å². The van der Waals surface area contributed by atoms with Gasteiger partial charge in [0.05, 0.1) is 12.0 Å². The lowest BCUT2D eigenvalue weighted by molar-refractivity contribution is 0.0950. The Morgan fingerprint density at radius 1 is 1.12 bits per heavy atom. The summed E-state index contributed by atoms with van der Waals surface area (Å²) in [5.41, 5.74) is 1.12. The number of amides is 1. The molecule has 6 nitrogen and oxygen atoms in total. The number of carbonyl (C=O) groups is 1. The first-order valence-electron chi connectivity index (χ1n) is 7.29. The molecule has 0 radical (unpaired) electrons. The van der Waals surface area contributed by atoms with Crippen LogP contribution in [0.5, 0.6) is 5.75 Å². The molecule has 0 aliphatic rings. The van der Waals surface area contributed by atoms with E-state index in [0.717, 1.165) is 9.87 Å². The highest BCUT2D eigenvalue weighted by atomic mass is 32.2. The van der Waals surface area contributed by atoms with Crippen molar-refractivity contribution in [1.29, 1.82) is 0 Å². The molecule has 0 saturated carbocycles. The summed E-state index contributed by atoms with van der Waals surface area (Å²) in [7, 11) is 0.885. The number of benzene rings is 2. The Hall–Kier alpha value is -2.38. The first-order valence-corrected chi connectivity index (χ1v) is 8.73. The minimum absolute atomic E-state index is 0.0810. The quantitative estimate of drug-likeness (QED) is 0.865. The van der Waals surface area contributed by atoms with Gasteiger partial charge in [-0.2, -0.15) is 0 Å². The largest absolute Gasteiger partial charge is 0.496 e. The molecule has 0 spiro atoms. The number of carbonyl (C=O) groups excluding carboxylic acids is 1. The molecule has 0 bridgehead atoms. The third-order valence-electron chi connectivity index (χ3n) is 3.51. The fourth-order valence-electron chi connectivity index (χ4n) is 2.14. The number of sulfonamides is 1. The van der Waals surface area contributed by atoms with Crippen LogP contribution in [0.25, 0.3) is 0 Å². The molecule has 0 heterocycles. The molecule has 128 valence electrons. The van der Waals surface area contributed by atoms with E-state index in [-0.39, 0.29) is 22.9 Å². The number of hydrogen-bond donors (Lipinski definition) is 1. The van der Waals surface area contributed by atoms with Gasteiger partial charge in [0.15, 0.2) is 0 Å². The minimum Gasteiger partial charge on any atom is -0.496 e. The summed E-state index contributed by atoms with van der Waals surface area (Å²) < 4.78 is 30.6. The molecule has 1 N–H and O–H groups in total. The van der Waals surface area contributed by atoms with Crippen LogP contribution in [-0.2, 0) is 16.6 Å². The highest BCUT2D eigenvalue weighted by Gasteiger charge is 2.18. The van der Waals surface area contributed by atoms with Gasteiger partial charge in [-0.15, -0.1) is 0 Å². The molecule has 0 fully saturated rings. The lowest BCUT2D eigenvalue weighted by Crippen LogP contribution is -2.25. The van der Waals surface area contributed by atoms with E-state index < -0.39 is 10.0 Å². The second-order valence-corrected chi connectivity index (χ2v) is 7.46. The van der Waals surface area contributed by atoms with Crippen molar-refractivity contribution < 1.29 is 17.9 Å². The number of methoxy groups -OCH3 is 1. The Morgan fingerprint density at radius 2 is 1.83 bits per heavy atom. The van der Waals surface area contributed by atoms with Gasteiger partial charge in [0.2, 0.25) is 10.0 Å². The van der Waals surface area contributed by atoms with Crippen molar-refractivity contribution >= 4 is 15.9 Å². The Kier molecular flexibility index (Phi) is 5.58. The van der Waals surface area contributed by atoms with Gasteiger partial charge in [-0.25, -0.2) is 12.7 Å². The van der Waals surface area contributed by atoms with Crippen molar-refractivity contribution in [2.75, 3.05) is 21.2 Å². The summed E-state index contributed by atoms with van der Waals surface area (Å²) in [6.07, 6.45) is 0. The number of nitrogens with one attached hydrogen (secondary N) is 1. The smallest absolute Gasteiger partial charge is 0.251 e. The maximum absolute atomic E-state index is 12.3. The van der Waals surface area contributed by atoms with Gasteiger partial charge >= 0.3 is 0 Å². The van der Waals surface area contributed by atoms with Gasteiger partial charge < -0.3 is 10.1 Å². The van der Waals surface area contributed by atoms with Crippen LogP contribution in [0.15, 0.2) is 53.4 Å². The third kappa shape index (κ3) is 3.93. The van der Waals surface area contributed by atoms with Crippen LogP contribution in [0.3, 0.4) is 0 Å². The van der Waals surface area contributed by atoms with Crippen LogP contribution in [0, 0.1) is 0 Å². The lowest BCUT2D eigenvalue weighted by Gasteiger charge is -2.13. The van der Waals surface area contributed by atoms with E-state index in [1.165, 1.54) is 26.2 Å². The fraction of sp³-hybridized carbons (Fsp3) is 0.235. The lowest BCUT2D eigenvalue weighted by atomic mass is 10.2. The first-order chi connectivity index (χ1) is 11.4. The zero-order valence-electron chi connectivity index (χ0n) is 13.8. The van der Waals surface area contributed by atoms with E-state index in [2.05, 4.69) is 5.32 Å². The molecule has 24 heavy (non-hydrogen) atoms. The van der Waals surface area contributed by atoms with Crippen molar-refractivity contribution in [2.45, 2.75) is 11.4 Å². The summed E-state index contributed by atoms with van der Waals surface area (Å²) in [5, 5.41) is 2.77. The second kappa shape index (κ2) is 7.46. The molecular formula is C17H20N2O4S. The van der Waals surface area contributed by atoms with Crippen LogP contribution in [0.4, 0.5) is 0 Å². The van der Waals surface area contributed by atoms with Crippen molar-refractivity contribution in [1.82, 2.24) is 9.62 Å². The molecule has 2 rings (SSSR count). The number of ether oxygens (including phenoxy) is 1. The average molecular weight is 348 g/mol. The highest BCUT2D eigenvalue weighted by molar-refractivity contribution is 7.89. The van der Waals surface area contributed by atoms with Crippen LogP contribution < -0.4 is 10.1 Å². The molecule has 0 aliphatic heterocycles. The van der Waals surface area contributed by atoms with Gasteiger partial charge in [0.25, 0.3) is 5.91 Å². The number of nitrogens with zero attached hydrogens (tertiary/aromatic N) is 1. The summed E-state index contributed by atoms with van der Waals surface area (Å²) in [6.45, 7) is 0.285. The minimum atomic E-state index is -3.58. The normalized spacial score (nSPS) is 11.3. The van der Waals surface area contributed by atoms with Gasteiger partial charge in [-0.05, 0) is 24.3 Å². The fourth-order valence-corrected chi connectivity index (χ4v) is 3.08. The Labute approximate surface area is 142 Å². The van der Waals surface area contributed by atoms with Gasteiger partial charge in [0, 0.05) is 31.8 Å². The Bertz CT molecular complexity index is 832. The molecule has 7 heteroatoms. The maximum Gasteiger partial charge on any atom is 0.251 e. The van der Waals surface area contributed by atoms with Gasteiger partial charge in [0.1, 0.15) is 5.75 Å². The maximum atomic E-state index is 12.3. The zero-order valence-corrected chi connectivity index (χ0v) is 14.6. The SMILES string of the molecule is COc1ccccc1CNC(=O)c1cccc(S(=O)(=O)N(C)C)c1. The average Bonchev–Trinajstić information content (AvgIpc) is 2.59. The van der Waals surface area contributed by atoms with Crippen LogP contribution in [-0.4, -0.2) is 39.8 Å². The van der Waals surface area contributed by atoms with E-state index in [9.17, 15) is 13.2 Å². The highest BCUT2D eigenvalue weighted by Crippen LogP contribution is 2.18. The standard InChI is InChI=1S/C17H20N2O4S/c1-19(2)24(21,22)15-9-6-8-13(11-15)17(20)18-12-14-7-4-5-10-16(14)23-3/h4-11H,12H2,1-3H3,(H,18,20). The number of hydrogen-bond acceptors (Lipinski definition) is 4. The Balaban J connectivity index is 2.16. The van der Waals surface area contributed by atoms with Crippen LogP contribution in [0.1, 0.15) is 15.9 Å². The summed E-state index contributed by atoms with van der Waals surface area (Å²) in [4.78, 5) is 12.4. The van der Waals surface area contributed by atoms with Crippen LogP contribution in [0.2, 0.25) is 0 Å². The molecule has 0 aliphatic carbocycles. The molecule has 0 atom stereocenters. The zero-order chi connectivity index (χ0) is 17.7. The third-order valence-corrected chi connectivity index (χ3v) is 5.32. The van der Waals surface area contributed by atoms with E-state index in [1.807, 2.05) is 24.3 Å². The van der Waals surface area contributed by atoms with Crippen molar-refractivity contribution in [2.24, 2.45) is 0 Å². The topological polar surface area (TPSA) is 75.7 Å². The number of rotatable bonds is 6. The Morgan fingerprint density at radius 3 is 2.50 bits per heavy atom.